The first-order valence-electron chi connectivity index (χ1n) is 11.6. The molecule has 1 aliphatic carbocycles. The van der Waals surface area contributed by atoms with E-state index in [0.29, 0.717) is 35.4 Å². The first-order chi connectivity index (χ1) is 18.4. The maximum absolute atomic E-state index is 13.3. The van der Waals surface area contributed by atoms with Crippen LogP contribution in [0, 0.1) is 11.8 Å². The fourth-order valence-electron chi connectivity index (χ4n) is 4.37. The van der Waals surface area contributed by atoms with Crippen molar-refractivity contribution in [1.29, 1.82) is 0 Å². The summed E-state index contributed by atoms with van der Waals surface area (Å²) in [4.78, 5) is 21.9. The maximum Gasteiger partial charge on any atom is 0.573 e. The van der Waals surface area contributed by atoms with Crippen LogP contribution in [0.25, 0.3) is 0 Å². The highest BCUT2D eigenvalue weighted by atomic mass is 32.2. The number of carbonyl (C=O) groups is 1. The van der Waals surface area contributed by atoms with Gasteiger partial charge in [-0.2, -0.15) is 8.42 Å². The number of para-hydroxylation sites is 2. The van der Waals surface area contributed by atoms with Gasteiger partial charge in [-0.25, -0.2) is 15.1 Å². The first kappa shape index (κ1) is 28.9. The molecule has 3 N–H and O–H groups in total. The van der Waals surface area contributed by atoms with Gasteiger partial charge in [0.05, 0.1) is 28.8 Å². The number of thiophene rings is 1. The molecule has 39 heavy (non-hydrogen) atoms. The Labute approximate surface area is 225 Å². The van der Waals surface area contributed by atoms with Crippen LogP contribution in [0.15, 0.2) is 48.2 Å². The van der Waals surface area contributed by atoms with E-state index in [2.05, 4.69) is 18.9 Å². The predicted octanol–water partition coefficient (Wildman–Crippen LogP) is 3.40. The summed E-state index contributed by atoms with van der Waals surface area (Å²) in [5.74, 6) is -1.42. The Morgan fingerprint density at radius 3 is 2.67 bits per heavy atom. The first-order valence-corrected chi connectivity index (χ1v) is 14.0. The second-order valence-corrected chi connectivity index (χ2v) is 11.1. The van der Waals surface area contributed by atoms with Crippen LogP contribution in [0.1, 0.15) is 39.3 Å². The third-order valence-electron chi connectivity index (χ3n) is 6.07. The number of aliphatic hydroxyl groups is 1. The number of alkyl halides is 3. The monoisotopic (exact) mass is 587 g/mol. The third kappa shape index (κ3) is 8.19. The van der Waals surface area contributed by atoms with Crippen molar-refractivity contribution in [3.05, 3.63) is 69.9 Å². The van der Waals surface area contributed by atoms with Gasteiger partial charge in [-0.3, -0.25) is 8.98 Å². The van der Waals surface area contributed by atoms with Gasteiger partial charge >= 0.3 is 16.7 Å². The van der Waals surface area contributed by atoms with Gasteiger partial charge in [-0.05, 0) is 48.8 Å². The highest BCUT2D eigenvalue weighted by Crippen LogP contribution is 2.35. The number of benzene rings is 1. The Morgan fingerprint density at radius 1 is 1.21 bits per heavy atom. The minimum Gasteiger partial charge on any atom is -0.485 e. The smallest absolute Gasteiger partial charge is 0.485 e. The molecule has 1 fully saturated rings. The molecular formula is C24H24F3N3O7S2. The summed E-state index contributed by atoms with van der Waals surface area (Å²) in [7, 11) is -4.12. The van der Waals surface area contributed by atoms with Gasteiger partial charge in [0, 0.05) is 17.7 Å². The molecule has 15 heteroatoms. The molecule has 1 saturated carbocycles. The van der Waals surface area contributed by atoms with E-state index in [-0.39, 0.29) is 36.2 Å². The SMILES string of the molecule is NS(=O)(=O)OC[C@H]1C[C@@H](Cc2ncncc2C(=O)c2cc(COc3ccccc3OC(F)(F)F)cs2)C[C@@H]1O. The summed E-state index contributed by atoms with van der Waals surface area (Å²) in [6.07, 6.45) is -1.77. The molecule has 3 aromatic rings. The minimum absolute atomic E-state index is 0.0817. The van der Waals surface area contributed by atoms with E-state index in [1.54, 1.807) is 11.4 Å². The fourth-order valence-corrected chi connectivity index (χ4v) is 5.58. The zero-order valence-electron chi connectivity index (χ0n) is 20.2. The number of aromatic nitrogens is 2. The molecule has 0 saturated heterocycles. The topological polar surface area (TPSA) is 151 Å². The number of carbonyl (C=O) groups excluding carboxylic acids is 1. The summed E-state index contributed by atoms with van der Waals surface area (Å²) in [5.41, 5.74) is 1.32. The fraction of sp³-hybridized carbons (Fsp3) is 0.375. The number of nitrogens with zero attached hydrogens (tertiary/aromatic N) is 2. The molecule has 0 amide bonds. The molecule has 1 aromatic carbocycles. The van der Waals surface area contributed by atoms with Crippen molar-refractivity contribution in [3.8, 4) is 11.5 Å². The molecule has 0 bridgehead atoms. The number of rotatable bonds is 11. The highest BCUT2D eigenvalue weighted by molar-refractivity contribution is 7.84. The summed E-state index contributed by atoms with van der Waals surface area (Å²) < 4.78 is 74.2. The van der Waals surface area contributed by atoms with Gasteiger partial charge in [0.25, 0.3) is 0 Å². The summed E-state index contributed by atoms with van der Waals surface area (Å²) in [5, 5.41) is 16.8. The van der Waals surface area contributed by atoms with Crippen molar-refractivity contribution in [1.82, 2.24) is 9.97 Å². The van der Waals surface area contributed by atoms with Gasteiger partial charge in [0.15, 0.2) is 11.5 Å². The summed E-state index contributed by atoms with van der Waals surface area (Å²) in [6, 6.07) is 6.97. The Hall–Kier alpha value is -3.11. The van der Waals surface area contributed by atoms with Crippen molar-refractivity contribution in [2.24, 2.45) is 17.0 Å². The molecule has 0 radical (unpaired) electrons. The molecule has 1 aliphatic rings. The Bertz CT molecular complexity index is 1420. The van der Waals surface area contributed by atoms with Crippen LogP contribution in [0.2, 0.25) is 0 Å². The van der Waals surface area contributed by atoms with Crippen molar-refractivity contribution in [3.63, 3.8) is 0 Å². The third-order valence-corrected chi connectivity index (χ3v) is 7.51. The summed E-state index contributed by atoms with van der Waals surface area (Å²) in [6.45, 7) is -0.332. The van der Waals surface area contributed by atoms with E-state index in [0.717, 1.165) is 17.4 Å². The normalized spacial score (nSPS) is 19.7. The molecule has 2 heterocycles. The van der Waals surface area contributed by atoms with E-state index in [9.17, 15) is 31.5 Å². The van der Waals surface area contributed by atoms with Gasteiger partial charge in [0.1, 0.15) is 12.9 Å². The highest BCUT2D eigenvalue weighted by Gasteiger charge is 2.35. The number of aliphatic hydroxyl groups excluding tert-OH is 1. The maximum atomic E-state index is 13.3. The van der Waals surface area contributed by atoms with Crippen LogP contribution in [0.4, 0.5) is 13.2 Å². The Kier molecular flexibility index (Phi) is 8.86. The second kappa shape index (κ2) is 12.0. The van der Waals surface area contributed by atoms with E-state index in [1.807, 2.05) is 0 Å². The van der Waals surface area contributed by atoms with Crippen LogP contribution in [0.3, 0.4) is 0 Å². The van der Waals surface area contributed by atoms with E-state index >= 15 is 0 Å². The lowest BCUT2D eigenvalue weighted by molar-refractivity contribution is -0.275. The van der Waals surface area contributed by atoms with E-state index in [1.165, 1.54) is 30.7 Å². The van der Waals surface area contributed by atoms with Gasteiger partial charge in [-0.1, -0.05) is 12.1 Å². The molecule has 10 nitrogen and oxygen atoms in total. The van der Waals surface area contributed by atoms with Crippen molar-refractivity contribution in [2.75, 3.05) is 6.61 Å². The van der Waals surface area contributed by atoms with Gasteiger partial charge < -0.3 is 14.6 Å². The van der Waals surface area contributed by atoms with Crippen LogP contribution in [0.5, 0.6) is 11.5 Å². The van der Waals surface area contributed by atoms with Crippen molar-refractivity contribution in [2.45, 2.75) is 38.3 Å². The minimum atomic E-state index is -4.87. The van der Waals surface area contributed by atoms with E-state index in [4.69, 9.17) is 9.88 Å². The molecule has 0 aliphatic heterocycles. The zero-order chi connectivity index (χ0) is 28.2. The van der Waals surface area contributed by atoms with Crippen molar-refractivity contribution < 1.29 is 45.1 Å². The summed E-state index contributed by atoms with van der Waals surface area (Å²) >= 11 is 1.14. The quantitative estimate of drug-likeness (QED) is 0.322. The Balaban J connectivity index is 1.41. The number of ether oxygens (including phenoxy) is 2. The van der Waals surface area contributed by atoms with Crippen LogP contribution >= 0.6 is 11.3 Å². The van der Waals surface area contributed by atoms with Crippen LogP contribution < -0.4 is 14.6 Å². The lowest BCUT2D eigenvalue weighted by Crippen LogP contribution is -2.24. The standard InChI is InChI=1S/C24H24F3N3O7S2/c25-24(26,27)37-21-4-2-1-3-20(21)35-10-15-8-22(38-12-15)23(32)17-9-29-13-30-18(17)6-14-5-16(19(31)7-14)11-36-39(28,33)34/h1-4,8-9,12-14,16,19,31H,5-7,10-11H2,(H2,28,33,34)/t14-,16+,19-/m0/s1. The van der Waals surface area contributed by atoms with E-state index < -0.39 is 34.4 Å². The Morgan fingerprint density at radius 2 is 1.95 bits per heavy atom. The predicted molar refractivity (Wildman–Crippen MR) is 132 cm³/mol. The lowest BCUT2D eigenvalue weighted by Gasteiger charge is -2.13. The molecule has 0 spiro atoms. The van der Waals surface area contributed by atoms with Gasteiger partial charge in [0.2, 0.25) is 5.78 Å². The van der Waals surface area contributed by atoms with Crippen molar-refractivity contribution >= 4 is 27.4 Å². The molecule has 210 valence electrons. The molecular weight excluding hydrogens is 563 g/mol. The van der Waals surface area contributed by atoms with Crippen LogP contribution in [-0.2, 0) is 27.5 Å². The van der Waals surface area contributed by atoms with Crippen LogP contribution in [-0.4, -0.2) is 48.3 Å². The van der Waals surface area contributed by atoms with Gasteiger partial charge in [-0.15, -0.1) is 24.5 Å². The number of hydrogen-bond donors (Lipinski definition) is 2. The molecule has 2 aromatic heterocycles. The average Bonchev–Trinajstić information content (AvgIpc) is 3.47. The number of ketones is 1. The number of hydrogen-bond acceptors (Lipinski definition) is 10. The zero-order valence-corrected chi connectivity index (χ0v) is 21.8. The number of nitrogens with two attached hydrogens (primary N) is 1. The lowest BCUT2D eigenvalue weighted by atomic mass is 9.96. The molecule has 3 atom stereocenters. The molecule has 4 rings (SSSR count). The average molecular weight is 588 g/mol. The number of halogens is 3. The second-order valence-electron chi connectivity index (χ2n) is 8.96. The largest absolute Gasteiger partial charge is 0.573 e. The molecule has 0 unspecified atom stereocenters.